The van der Waals surface area contributed by atoms with Crippen molar-refractivity contribution in [3.8, 4) is 0 Å². The Kier molecular flexibility index (Phi) is 3.94. The van der Waals surface area contributed by atoms with Crippen LogP contribution in [0.5, 0.6) is 0 Å². The van der Waals surface area contributed by atoms with Crippen LogP contribution in [0.3, 0.4) is 0 Å². The summed E-state index contributed by atoms with van der Waals surface area (Å²) in [5.41, 5.74) is 1.13. The van der Waals surface area contributed by atoms with Crippen LogP contribution in [0.15, 0.2) is 24.3 Å². The zero-order chi connectivity index (χ0) is 11.4. The van der Waals surface area contributed by atoms with Crippen LogP contribution in [0.2, 0.25) is 0 Å². The van der Waals surface area contributed by atoms with E-state index in [0.29, 0.717) is 12.0 Å². The topological polar surface area (TPSA) is 12.0 Å². The summed E-state index contributed by atoms with van der Waals surface area (Å²) in [6.45, 7) is 0. The fourth-order valence-electron chi connectivity index (χ4n) is 2.80. The minimum atomic E-state index is -0.116. The molecule has 1 aliphatic carbocycles. The van der Waals surface area contributed by atoms with E-state index in [1.807, 2.05) is 19.2 Å². The summed E-state index contributed by atoms with van der Waals surface area (Å²) in [7, 11) is 2.04. The zero-order valence-electron chi connectivity index (χ0n) is 9.88. The van der Waals surface area contributed by atoms with E-state index in [1.165, 1.54) is 31.7 Å². The number of nitrogens with one attached hydrogen (secondary N) is 1. The van der Waals surface area contributed by atoms with Gasteiger partial charge >= 0.3 is 0 Å². The Labute approximate surface area is 97.1 Å². The van der Waals surface area contributed by atoms with Gasteiger partial charge in [-0.1, -0.05) is 25.0 Å². The van der Waals surface area contributed by atoms with Gasteiger partial charge in [-0.2, -0.15) is 0 Å². The summed E-state index contributed by atoms with van der Waals surface area (Å²) in [4.78, 5) is 0. The maximum absolute atomic E-state index is 13.1. The molecule has 0 heterocycles. The minimum Gasteiger partial charge on any atom is -0.317 e. The molecule has 16 heavy (non-hydrogen) atoms. The highest BCUT2D eigenvalue weighted by Crippen LogP contribution is 2.27. The molecule has 88 valence electrons. The third-order valence-corrected chi connectivity index (χ3v) is 3.67. The lowest BCUT2D eigenvalue weighted by molar-refractivity contribution is 0.272. The summed E-state index contributed by atoms with van der Waals surface area (Å²) >= 11 is 0. The third kappa shape index (κ3) is 2.82. The fourth-order valence-corrected chi connectivity index (χ4v) is 2.80. The van der Waals surface area contributed by atoms with Crippen LogP contribution in [0.1, 0.15) is 31.2 Å². The molecular formula is C14H20FN. The van der Waals surface area contributed by atoms with Crippen LogP contribution in [-0.2, 0) is 6.42 Å². The van der Waals surface area contributed by atoms with Crippen LogP contribution < -0.4 is 5.32 Å². The highest BCUT2D eigenvalue weighted by atomic mass is 19.1. The zero-order valence-corrected chi connectivity index (χ0v) is 9.88. The van der Waals surface area contributed by atoms with Crippen molar-refractivity contribution in [3.05, 3.63) is 35.6 Å². The molecule has 2 atom stereocenters. The van der Waals surface area contributed by atoms with Crippen LogP contribution in [0.25, 0.3) is 0 Å². The summed E-state index contributed by atoms with van der Waals surface area (Å²) < 4.78 is 13.1. The molecule has 1 saturated carbocycles. The first-order valence-corrected chi connectivity index (χ1v) is 6.21. The Balaban J connectivity index is 2.02. The van der Waals surface area contributed by atoms with Gasteiger partial charge in [0.2, 0.25) is 0 Å². The Morgan fingerprint density at radius 3 is 2.88 bits per heavy atom. The van der Waals surface area contributed by atoms with Gasteiger partial charge in [0.05, 0.1) is 0 Å². The number of benzene rings is 1. The molecule has 1 nitrogen and oxygen atoms in total. The van der Waals surface area contributed by atoms with Gasteiger partial charge < -0.3 is 5.32 Å². The average Bonchev–Trinajstić information content (AvgIpc) is 2.30. The van der Waals surface area contributed by atoms with Gasteiger partial charge in [0.1, 0.15) is 5.82 Å². The molecule has 1 aliphatic rings. The second-order valence-corrected chi connectivity index (χ2v) is 4.77. The monoisotopic (exact) mass is 221 g/mol. The first kappa shape index (κ1) is 11.6. The Morgan fingerprint density at radius 1 is 1.31 bits per heavy atom. The normalized spacial score (nSPS) is 25.6. The van der Waals surface area contributed by atoms with E-state index >= 15 is 0 Å². The molecule has 0 radical (unpaired) electrons. The molecule has 0 amide bonds. The molecule has 2 unspecified atom stereocenters. The first-order valence-electron chi connectivity index (χ1n) is 6.21. The Hall–Kier alpha value is -0.890. The maximum atomic E-state index is 13.1. The van der Waals surface area contributed by atoms with Gasteiger partial charge in [-0.25, -0.2) is 4.39 Å². The van der Waals surface area contributed by atoms with Crippen LogP contribution in [0.4, 0.5) is 4.39 Å². The molecule has 0 spiro atoms. The van der Waals surface area contributed by atoms with E-state index in [0.717, 1.165) is 12.0 Å². The van der Waals surface area contributed by atoms with Gasteiger partial charge in [-0.05, 0) is 49.9 Å². The summed E-state index contributed by atoms with van der Waals surface area (Å²) in [5, 5.41) is 3.40. The van der Waals surface area contributed by atoms with Crippen molar-refractivity contribution >= 4 is 0 Å². The van der Waals surface area contributed by atoms with E-state index in [2.05, 4.69) is 5.32 Å². The molecule has 0 aromatic heterocycles. The molecule has 1 aromatic rings. The SMILES string of the molecule is CNC1CCCCC1Cc1cccc(F)c1. The molecule has 0 aliphatic heterocycles. The van der Waals surface area contributed by atoms with Crippen molar-refractivity contribution in [3.63, 3.8) is 0 Å². The number of rotatable bonds is 3. The number of hydrogen-bond donors (Lipinski definition) is 1. The van der Waals surface area contributed by atoms with Gasteiger partial charge in [0.15, 0.2) is 0 Å². The maximum Gasteiger partial charge on any atom is 0.123 e. The molecule has 2 rings (SSSR count). The average molecular weight is 221 g/mol. The summed E-state index contributed by atoms with van der Waals surface area (Å²) in [6.07, 6.45) is 6.17. The highest BCUT2D eigenvalue weighted by molar-refractivity contribution is 5.17. The van der Waals surface area contributed by atoms with Crippen molar-refractivity contribution in [2.75, 3.05) is 7.05 Å². The number of halogens is 1. The second-order valence-electron chi connectivity index (χ2n) is 4.77. The Bertz CT molecular complexity index is 337. The van der Waals surface area contributed by atoms with E-state index in [4.69, 9.17) is 0 Å². The lowest BCUT2D eigenvalue weighted by Crippen LogP contribution is -2.37. The Morgan fingerprint density at radius 2 is 2.12 bits per heavy atom. The molecule has 0 saturated heterocycles. The lowest BCUT2D eigenvalue weighted by Gasteiger charge is -2.31. The third-order valence-electron chi connectivity index (χ3n) is 3.67. The first-order chi connectivity index (χ1) is 7.79. The fraction of sp³-hybridized carbons (Fsp3) is 0.571. The molecule has 1 N–H and O–H groups in total. The minimum absolute atomic E-state index is 0.116. The van der Waals surface area contributed by atoms with Gasteiger partial charge in [0, 0.05) is 6.04 Å². The van der Waals surface area contributed by atoms with Crippen molar-refractivity contribution in [2.45, 2.75) is 38.1 Å². The largest absolute Gasteiger partial charge is 0.317 e. The molecule has 0 bridgehead atoms. The van der Waals surface area contributed by atoms with Gasteiger partial charge in [-0.3, -0.25) is 0 Å². The standard InChI is InChI=1S/C14H20FN/c1-16-14-8-3-2-6-12(14)9-11-5-4-7-13(15)10-11/h4-5,7,10,12,14,16H,2-3,6,8-9H2,1H3. The van der Waals surface area contributed by atoms with Crippen molar-refractivity contribution in [1.82, 2.24) is 5.32 Å². The van der Waals surface area contributed by atoms with Gasteiger partial charge in [-0.15, -0.1) is 0 Å². The summed E-state index contributed by atoms with van der Waals surface area (Å²) in [5.74, 6) is 0.551. The molecule has 1 aromatic carbocycles. The molecule has 2 heteroatoms. The predicted molar refractivity (Wildman–Crippen MR) is 64.9 cm³/mol. The van der Waals surface area contributed by atoms with E-state index in [1.54, 1.807) is 6.07 Å². The van der Waals surface area contributed by atoms with Crippen molar-refractivity contribution in [1.29, 1.82) is 0 Å². The van der Waals surface area contributed by atoms with Crippen molar-refractivity contribution in [2.24, 2.45) is 5.92 Å². The quantitative estimate of drug-likeness (QED) is 0.826. The summed E-state index contributed by atoms with van der Waals surface area (Å²) in [6, 6.07) is 7.63. The van der Waals surface area contributed by atoms with E-state index < -0.39 is 0 Å². The second kappa shape index (κ2) is 5.44. The van der Waals surface area contributed by atoms with Crippen LogP contribution in [0, 0.1) is 11.7 Å². The van der Waals surface area contributed by atoms with Gasteiger partial charge in [0.25, 0.3) is 0 Å². The van der Waals surface area contributed by atoms with E-state index in [-0.39, 0.29) is 5.82 Å². The smallest absolute Gasteiger partial charge is 0.123 e. The molecule has 1 fully saturated rings. The highest BCUT2D eigenvalue weighted by Gasteiger charge is 2.23. The molecular weight excluding hydrogens is 201 g/mol. The van der Waals surface area contributed by atoms with Crippen LogP contribution >= 0.6 is 0 Å². The van der Waals surface area contributed by atoms with E-state index in [9.17, 15) is 4.39 Å². The predicted octanol–water partition coefficient (Wildman–Crippen LogP) is 3.15. The lowest BCUT2D eigenvalue weighted by atomic mass is 9.81. The van der Waals surface area contributed by atoms with Crippen LogP contribution in [-0.4, -0.2) is 13.1 Å². The van der Waals surface area contributed by atoms with Crippen molar-refractivity contribution < 1.29 is 4.39 Å². The number of hydrogen-bond acceptors (Lipinski definition) is 1.